The lowest BCUT2D eigenvalue weighted by molar-refractivity contribution is -0.144. The van der Waals surface area contributed by atoms with Crippen molar-refractivity contribution in [1.29, 1.82) is 0 Å². The summed E-state index contributed by atoms with van der Waals surface area (Å²) in [5.41, 5.74) is 3.53. The van der Waals surface area contributed by atoms with E-state index < -0.39 is 5.92 Å². The van der Waals surface area contributed by atoms with E-state index in [4.69, 9.17) is 0 Å². The fraction of sp³-hybridized carbons (Fsp3) is 0.364. The minimum absolute atomic E-state index is 0.0187. The second kappa shape index (κ2) is 6.06. The molecule has 2 saturated heterocycles. The van der Waals surface area contributed by atoms with Crippen LogP contribution in [0, 0.1) is 5.92 Å². The van der Waals surface area contributed by atoms with Gasteiger partial charge in [-0.1, -0.05) is 42.5 Å². The lowest BCUT2D eigenvalue weighted by atomic mass is 9.75. The number of anilines is 1. The summed E-state index contributed by atoms with van der Waals surface area (Å²) in [4.78, 5) is 30.4. The maximum absolute atomic E-state index is 13.2. The molecular weight excluding hydrogens is 324 g/mol. The first-order valence-corrected chi connectivity index (χ1v) is 9.47. The van der Waals surface area contributed by atoms with Crippen LogP contribution < -0.4 is 4.90 Å². The number of ketones is 1. The molecule has 3 aliphatic rings. The number of benzene rings is 2. The summed E-state index contributed by atoms with van der Waals surface area (Å²) in [6, 6.07) is 18.4. The molecule has 0 saturated carbocycles. The summed E-state index contributed by atoms with van der Waals surface area (Å²) in [7, 11) is 0. The maximum Gasteiger partial charge on any atom is 0.239 e. The molecular formula is C22H22N2O2. The maximum atomic E-state index is 13.2. The Hall–Kier alpha value is -2.46. The van der Waals surface area contributed by atoms with Crippen LogP contribution in [0.3, 0.4) is 0 Å². The number of hydrogen-bond donors (Lipinski definition) is 0. The third-order valence-corrected chi connectivity index (χ3v) is 6.25. The van der Waals surface area contributed by atoms with Gasteiger partial charge in [0.25, 0.3) is 0 Å². The minimum Gasteiger partial charge on any atom is -0.312 e. The van der Waals surface area contributed by atoms with E-state index in [1.165, 1.54) is 11.1 Å². The molecule has 0 aliphatic carbocycles. The molecule has 26 heavy (non-hydrogen) atoms. The number of carbonyl (C=O) groups is 2. The Kier molecular flexibility index (Phi) is 3.68. The van der Waals surface area contributed by atoms with Crippen LogP contribution in [0.5, 0.6) is 0 Å². The van der Waals surface area contributed by atoms with Gasteiger partial charge < -0.3 is 4.90 Å². The van der Waals surface area contributed by atoms with Gasteiger partial charge in [0.05, 0.1) is 0 Å². The third-order valence-electron chi connectivity index (χ3n) is 6.25. The van der Waals surface area contributed by atoms with Crippen molar-refractivity contribution in [3.05, 3.63) is 65.7 Å². The summed E-state index contributed by atoms with van der Waals surface area (Å²) < 4.78 is 0. The second-order valence-corrected chi connectivity index (χ2v) is 7.53. The van der Waals surface area contributed by atoms with Gasteiger partial charge in [-0.15, -0.1) is 0 Å². The first-order valence-electron chi connectivity index (χ1n) is 9.47. The van der Waals surface area contributed by atoms with Crippen LogP contribution in [0.4, 0.5) is 5.69 Å². The Bertz CT molecular complexity index is 863. The van der Waals surface area contributed by atoms with Gasteiger partial charge in [-0.05, 0) is 36.1 Å². The molecule has 5 rings (SSSR count). The normalized spacial score (nSPS) is 28.3. The number of carbonyl (C=O) groups excluding carboxylic acids is 2. The molecule has 4 nitrogen and oxygen atoms in total. The standard InChI is InChI=1S/C22H22N2O2/c25-20-14-19-17-9-5-4-6-15(17)10-12-24(19)18-11-13-23(22(26)21(18)20)16-7-2-1-3-8-16/h1-9,18-19,21H,10-14H2. The Balaban J connectivity index is 1.47. The van der Waals surface area contributed by atoms with E-state index >= 15 is 0 Å². The summed E-state index contributed by atoms with van der Waals surface area (Å²) >= 11 is 0. The van der Waals surface area contributed by atoms with E-state index in [1.807, 2.05) is 30.3 Å². The summed E-state index contributed by atoms with van der Waals surface area (Å²) in [5.74, 6) is -0.418. The van der Waals surface area contributed by atoms with Crippen molar-refractivity contribution in [2.24, 2.45) is 5.92 Å². The smallest absolute Gasteiger partial charge is 0.239 e. The largest absolute Gasteiger partial charge is 0.312 e. The van der Waals surface area contributed by atoms with Crippen molar-refractivity contribution in [1.82, 2.24) is 4.90 Å². The van der Waals surface area contributed by atoms with E-state index in [0.717, 1.165) is 25.1 Å². The van der Waals surface area contributed by atoms with E-state index in [2.05, 4.69) is 29.2 Å². The number of hydrogen-bond acceptors (Lipinski definition) is 3. The topological polar surface area (TPSA) is 40.6 Å². The lowest BCUT2D eigenvalue weighted by Crippen LogP contribution is -2.62. The number of piperidine rings is 2. The molecule has 3 unspecified atom stereocenters. The van der Waals surface area contributed by atoms with Crippen molar-refractivity contribution < 1.29 is 9.59 Å². The average Bonchev–Trinajstić information content (AvgIpc) is 2.68. The third kappa shape index (κ3) is 2.32. The number of para-hydroxylation sites is 1. The SMILES string of the molecule is O=C1CC2c3ccccc3CCN2C2CCN(c3ccccc3)C(=O)C12. The summed E-state index contributed by atoms with van der Waals surface area (Å²) in [5, 5.41) is 0. The van der Waals surface area contributed by atoms with E-state index in [1.54, 1.807) is 4.90 Å². The average molecular weight is 346 g/mol. The fourth-order valence-corrected chi connectivity index (χ4v) is 5.06. The number of amides is 1. The first kappa shape index (κ1) is 15.8. The molecule has 0 aromatic heterocycles. The van der Waals surface area contributed by atoms with E-state index in [0.29, 0.717) is 13.0 Å². The zero-order chi connectivity index (χ0) is 17.7. The highest BCUT2D eigenvalue weighted by molar-refractivity contribution is 6.10. The van der Waals surface area contributed by atoms with Gasteiger partial charge in [0.1, 0.15) is 11.7 Å². The molecule has 0 radical (unpaired) electrons. The van der Waals surface area contributed by atoms with Crippen LogP contribution in [0.2, 0.25) is 0 Å². The van der Waals surface area contributed by atoms with Gasteiger partial charge in [-0.2, -0.15) is 0 Å². The molecule has 3 atom stereocenters. The zero-order valence-corrected chi connectivity index (χ0v) is 14.7. The molecule has 2 aromatic rings. The Morgan fingerprint density at radius 2 is 1.65 bits per heavy atom. The van der Waals surface area contributed by atoms with Crippen LogP contribution in [-0.2, 0) is 16.0 Å². The summed E-state index contributed by atoms with van der Waals surface area (Å²) in [6.07, 6.45) is 2.31. The van der Waals surface area contributed by atoms with Crippen LogP contribution in [0.25, 0.3) is 0 Å². The van der Waals surface area contributed by atoms with Crippen LogP contribution >= 0.6 is 0 Å². The van der Waals surface area contributed by atoms with Gasteiger partial charge in [0.2, 0.25) is 5.91 Å². The van der Waals surface area contributed by atoms with Crippen molar-refractivity contribution in [3.63, 3.8) is 0 Å². The first-order chi connectivity index (χ1) is 12.7. The predicted molar refractivity (Wildman–Crippen MR) is 99.9 cm³/mol. The van der Waals surface area contributed by atoms with Gasteiger partial charge in [-0.25, -0.2) is 0 Å². The van der Waals surface area contributed by atoms with Crippen LogP contribution in [0.1, 0.15) is 30.0 Å². The highest BCUT2D eigenvalue weighted by Gasteiger charge is 2.51. The molecule has 1 amide bonds. The highest BCUT2D eigenvalue weighted by atomic mass is 16.2. The molecule has 2 aromatic carbocycles. The summed E-state index contributed by atoms with van der Waals surface area (Å²) in [6.45, 7) is 1.62. The number of fused-ring (bicyclic) bond motifs is 5. The predicted octanol–water partition coefficient (Wildman–Crippen LogP) is 2.98. The van der Waals surface area contributed by atoms with Gasteiger partial charge in [-0.3, -0.25) is 14.5 Å². The minimum atomic E-state index is -0.509. The van der Waals surface area contributed by atoms with Crippen molar-refractivity contribution in [2.75, 3.05) is 18.0 Å². The molecule has 3 heterocycles. The molecule has 0 bridgehead atoms. The van der Waals surface area contributed by atoms with Gasteiger partial charge >= 0.3 is 0 Å². The van der Waals surface area contributed by atoms with Crippen molar-refractivity contribution in [2.45, 2.75) is 31.3 Å². The zero-order valence-electron chi connectivity index (χ0n) is 14.7. The monoisotopic (exact) mass is 346 g/mol. The van der Waals surface area contributed by atoms with Gasteiger partial charge in [0.15, 0.2) is 0 Å². The number of Topliss-reactive ketones (excluding diaryl/α,β-unsaturated/α-hetero) is 1. The molecule has 0 N–H and O–H groups in total. The van der Waals surface area contributed by atoms with E-state index in [9.17, 15) is 9.59 Å². The molecule has 4 heteroatoms. The van der Waals surface area contributed by atoms with Gasteiger partial charge in [0, 0.05) is 37.3 Å². The quantitative estimate of drug-likeness (QED) is 0.746. The van der Waals surface area contributed by atoms with Crippen molar-refractivity contribution >= 4 is 17.4 Å². The van der Waals surface area contributed by atoms with E-state index in [-0.39, 0.29) is 23.8 Å². The Labute approximate surface area is 153 Å². The Morgan fingerprint density at radius 3 is 2.50 bits per heavy atom. The molecule has 0 spiro atoms. The van der Waals surface area contributed by atoms with Crippen LogP contribution in [0.15, 0.2) is 54.6 Å². The van der Waals surface area contributed by atoms with Crippen LogP contribution in [-0.4, -0.2) is 35.7 Å². The highest BCUT2D eigenvalue weighted by Crippen LogP contribution is 2.43. The second-order valence-electron chi connectivity index (χ2n) is 7.53. The molecule has 132 valence electrons. The molecule has 2 fully saturated rings. The Morgan fingerprint density at radius 1 is 0.885 bits per heavy atom. The number of rotatable bonds is 1. The lowest BCUT2D eigenvalue weighted by Gasteiger charge is -2.51. The number of nitrogens with zero attached hydrogens (tertiary/aromatic N) is 2. The van der Waals surface area contributed by atoms with Crippen molar-refractivity contribution in [3.8, 4) is 0 Å². The fourth-order valence-electron chi connectivity index (χ4n) is 5.06. The molecule has 3 aliphatic heterocycles.